The van der Waals surface area contributed by atoms with Crippen molar-refractivity contribution in [3.8, 4) is 0 Å². The van der Waals surface area contributed by atoms with Crippen molar-refractivity contribution in [3.63, 3.8) is 0 Å². The third kappa shape index (κ3) is 3.95. The van der Waals surface area contributed by atoms with E-state index >= 15 is 0 Å². The summed E-state index contributed by atoms with van der Waals surface area (Å²) in [7, 11) is 4.02. The highest BCUT2D eigenvalue weighted by atomic mass is 16.5. The molecule has 1 amide bonds. The molecule has 5 heteroatoms. The first-order chi connectivity index (χ1) is 10.5. The van der Waals surface area contributed by atoms with Crippen molar-refractivity contribution in [1.29, 1.82) is 0 Å². The van der Waals surface area contributed by atoms with Crippen LogP contribution < -0.4 is 5.32 Å². The minimum Gasteiger partial charge on any atom is -0.361 e. The van der Waals surface area contributed by atoms with E-state index in [2.05, 4.69) is 27.5 Å². The molecule has 2 aromatic rings. The molecule has 1 N–H and O–H groups in total. The molecule has 0 radical (unpaired) electrons. The molecule has 118 valence electrons. The smallest absolute Gasteiger partial charge is 0.224 e. The van der Waals surface area contributed by atoms with Gasteiger partial charge in [0, 0.05) is 12.1 Å². The second-order valence-corrected chi connectivity index (χ2v) is 5.67. The molecule has 1 unspecified atom stereocenters. The van der Waals surface area contributed by atoms with Crippen molar-refractivity contribution in [1.82, 2.24) is 15.4 Å². The van der Waals surface area contributed by atoms with Gasteiger partial charge in [-0.05, 0) is 33.5 Å². The van der Waals surface area contributed by atoms with Gasteiger partial charge in [0.25, 0.3) is 0 Å². The van der Waals surface area contributed by atoms with Crippen molar-refractivity contribution in [2.24, 2.45) is 0 Å². The van der Waals surface area contributed by atoms with Gasteiger partial charge in [-0.15, -0.1) is 0 Å². The Balaban J connectivity index is 1.97. The molecule has 0 spiro atoms. The SMILES string of the molecule is Cc1noc(C)c1CC(=O)NCC(c1ccccc1)N(C)C. The van der Waals surface area contributed by atoms with Crippen LogP contribution in [0.2, 0.25) is 0 Å². The number of aromatic nitrogens is 1. The molecular formula is C17H23N3O2. The number of amides is 1. The highest BCUT2D eigenvalue weighted by Crippen LogP contribution is 2.17. The molecule has 0 aliphatic carbocycles. The van der Waals surface area contributed by atoms with E-state index in [0.29, 0.717) is 18.7 Å². The van der Waals surface area contributed by atoms with E-state index in [4.69, 9.17) is 4.52 Å². The number of nitrogens with one attached hydrogen (secondary N) is 1. The van der Waals surface area contributed by atoms with Crippen LogP contribution in [0.5, 0.6) is 0 Å². The topological polar surface area (TPSA) is 58.4 Å². The molecule has 0 saturated carbocycles. The molecule has 0 fully saturated rings. The molecule has 0 aliphatic rings. The largest absolute Gasteiger partial charge is 0.361 e. The van der Waals surface area contributed by atoms with Gasteiger partial charge in [0.05, 0.1) is 18.2 Å². The maximum atomic E-state index is 12.2. The summed E-state index contributed by atoms with van der Waals surface area (Å²) in [5.41, 5.74) is 2.84. The third-order valence-corrected chi connectivity index (χ3v) is 3.82. The Morgan fingerprint density at radius 3 is 2.50 bits per heavy atom. The maximum Gasteiger partial charge on any atom is 0.224 e. The summed E-state index contributed by atoms with van der Waals surface area (Å²) in [6.45, 7) is 4.25. The highest BCUT2D eigenvalue weighted by Gasteiger charge is 2.17. The monoisotopic (exact) mass is 301 g/mol. The van der Waals surface area contributed by atoms with Crippen LogP contribution in [0.25, 0.3) is 0 Å². The van der Waals surface area contributed by atoms with Crippen LogP contribution in [0, 0.1) is 13.8 Å². The fourth-order valence-electron chi connectivity index (χ4n) is 2.46. The minimum absolute atomic E-state index is 0.0165. The second kappa shape index (κ2) is 7.22. The first-order valence-corrected chi connectivity index (χ1v) is 7.39. The minimum atomic E-state index is -0.0165. The van der Waals surface area contributed by atoms with E-state index in [1.807, 2.05) is 46.1 Å². The van der Waals surface area contributed by atoms with E-state index in [1.54, 1.807) is 0 Å². The number of nitrogens with zero attached hydrogens (tertiary/aromatic N) is 2. The summed E-state index contributed by atoms with van der Waals surface area (Å²) in [5.74, 6) is 0.692. The third-order valence-electron chi connectivity index (χ3n) is 3.82. The molecular weight excluding hydrogens is 278 g/mol. The summed E-state index contributed by atoms with van der Waals surface area (Å²) in [6.07, 6.45) is 0.302. The fraction of sp³-hybridized carbons (Fsp3) is 0.412. The Hall–Kier alpha value is -2.14. The molecule has 0 bridgehead atoms. The molecule has 2 rings (SSSR count). The Labute approximate surface area is 131 Å². The molecule has 22 heavy (non-hydrogen) atoms. The number of hydrogen-bond acceptors (Lipinski definition) is 4. The molecule has 1 aromatic heterocycles. The van der Waals surface area contributed by atoms with Gasteiger partial charge in [0.15, 0.2) is 0 Å². The molecule has 0 aliphatic heterocycles. The lowest BCUT2D eigenvalue weighted by molar-refractivity contribution is -0.120. The van der Waals surface area contributed by atoms with Crippen molar-refractivity contribution in [3.05, 3.63) is 52.9 Å². The number of carbonyl (C=O) groups excluding carboxylic acids is 1. The van der Waals surface area contributed by atoms with Gasteiger partial charge in [-0.2, -0.15) is 0 Å². The molecule has 1 atom stereocenters. The van der Waals surface area contributed by atoms with Crippen molar-refractivity contribution >= 4 is 5.91 Å². The van der Waals surface area contributed by atoms with E-state index in [0.717, 1.165) is 11.3 Å². The number of rotatable bonds is 6. The van der Waals surface area contributed by atoms with Crippen LogP contribution in [0.4, 0.5) is 0 Å². The van der Waals surface area contributed by atoms with Crippen LogP contribution in [-0.2, 0) is 11.2 Å². The van der Waals surface area contributed by atoms with Crippen LogP contribution in [-0.4, -0.2) is 36.6 Å². The van der Waals surface area contributed by atoms with Gasteiger partial charge < -0.3 is 14.7 Å². The number of hydrogen-bond donors (Lipinski definition) is 1. The molecule has 1 aromatic carbocycles. The quantitative estimate of drug-likeness (QED) is 0.889. The first kappa shape index (κ1) is 16.2. The number of aryl methyl sites for hydroxylation is 2. The van der Waals surface area contributed by atoms with Crippen LogP contribution in [0.3, 0.4) is 0 Å². The lowest BCUT2D eigenvalue weighted by atomic mass is 10.1. The molecule has 5 nitrogen and oxygen atoms in total. The molecule has 1 heterocycles. The Bertz CT molecular complexity index is 601. The van der Waals surface area contributed by atoms with E-state index in [-0.39, 0.29) is 11.9 Å². The van der Waals surface area contributed by atoms with Gasteiger partial charge in [0.2, 0.25) is 5.91 Å². The summed E-state index contributed by atoms with van der Waals surface area (Å²) in [6, 6.07) is 10.3. The van der Waals surface area contributed by atoms with Crippen molar-refractivity contribution < 1.29 is 9.32 Å². The predicted octanol–water partition coefficient (Wildman–Crippen LogP) is 2.25. The zero-order valence-corrected chi connectivity index (χ0v) is 13.6. The van der Waals surface area contributed by atoms with Crippen LogP contribution in [0.15, 0.2) is 34.9 Å². The van der Waals surface area contributed by atoms with Gasteiger partial charge in [-0.25, -0.2) is 0 Å². The van der Waals surface area contributed by atoms with Crippen molar-refractivity contribution in [2.45, 2.75) is 26.3 Å². The van der Waals surface area contributed by atoms with E-state index in [1.165, 1.54) is 5.56 Å². The summed E-state index contributed by atoms with van der Waals surface area (Å²) in [4.78, 5) is 14.3. The maximum absolute atomic E-state index is 12.2. The lowest BCUT2D eigenvalue weighted by Gasteiger charge is -2.25. The normalized spacial score (nSPS) is 12.4. The van der Waals surface area contributed by atoms with E-state index < -0.39 is 0 Å². The Morgan fingerprint density at radius 1 is 1.27 bits per heavy atom. The summed E-state index contributed by atoms with van der Waals surface area (Å²) < 4.78 is 5.09. The van der Waals surface area contributed by atoms with Crippen LogP contribution >= 0.6 is 0 Å². The number of likely N-dealkylation sites (N-methyl/N-ethyl adjacent to an activating group) is 1. The van der Waals surface area contributed by atoms with Gasteiger partial charge in [-0.3, -0.25) is 4.79 Å². The summed E-state index contributed by atoms with van der Waals surface area (Å²) >= 11 is 0. The van der Waals surface area contributed by atoms with Gasteiger partial charge in [-0.1, -0.05) is 35.5 Å². The fourth-order valence-corrected chi connectivity index (χ4v) is 2.46. The predicted molar refractivity (Wildman–Crippen MR) is 85.6 cm³/mol. The van der Waals surface area contributed by atoms with Gasteiger partial charge in [0.1, 0.15) is 5.76 Å². The summed E-state index contributed by atoms with van der Waals surface area (Å²) in [5, 5.41) is 6.88. The zero-order valence-electron chi connectivity index (χ0n) is 13.6. The zero-order chi connectivity index (χ0) is 16.1. The highest BCUT2D eigenvalue weighted by molar-refractivity contribution is 5.79. The number of benzene rings is 1. The van der Waals surface area contributed by atoms with Gasteiger partial charge >= 0.3 is 0 Å². The average Bonchev–Trinajstić information content (AvgIpc) is 2.80. The van der Waals surface area contributed by atoms with Crippen molar-refractivity contribution in [2.75, 3.05) is 20.6 Å². The first-order valence-electron chi connectivity index (χ1n) is 7.39. The lowest BCUT2D eigenvalue weighted by Crippen LogP contribution is -2.35. The Morgan fingerprint density at radius 2 is 1.95 bits per heavy atom. The van der Waals surface area contributed by atoms with Crippen LogP contribution in [0.1, 0.15) is 28.6 Å². The van der Waals surface area contributed by atoms with E-state index in [9.17, 15) is 4.79 Å². The molecule has 0 saturated heterocycles. The standard InChI is InChI=1S/C17H23N3O2/c1-12-15(13(2)22-19-12)10-17(21)18-11-16(20(3)4)14-8-6-5-7-9-14/h5-9,16H,10-11H2,1-4H3,(H,18,21). The average molecular weight is 301 g/mol. The number of carbonyl (C=O) groups is 1. The Kier molecular flexibility index (Phi) is 5.33. The second-order valence-electron chi connectivity index (χ2n) is 5.67.